The summed E-state index contributed by atoms with van der Waals surface area (Å²) in [6, 6.07) is 33.0. The van der Waals surface area contributed by atoms with Gasteiger partial charge < -0.3 is 9.30 Å². The van der Waals surface area contributed by atoms with E-state index in [9.17, 15) is 0 Å². The zero-order valence-electron chi connectivity index (χ0n) is 21.2. The smallest absolute Gasteiger partial charge is 0.134 e. The summed E-state index contributed by atoms with van der Waals surface area (Å²) in [5.74, 6) is 1.33. The third kappa shape index (κ3) is 3.11. The summed E-state index contributed by atoms with van der Waals surface area (Å²) in [4.78, 5) is 1.38. The number of allylic oxidation sites excluding steroid dienone is 4. The largest absolute Gasteiger partial charge is 0.484 e. The third-order valence-corrected chi connectivity index (χ3v) is 10.0. The molecular weight excluding hydrogens is 494 g/mol. The van der Waals surface area contributed by atoms with E-state index >= 15 is 0 Å². The van der Waals surface area contributed by atoms with Crippen LogP contribution >= 0.6 is 11.8 Å². The molecule has 0 fully saturated rings. The van der Waals surface area contributed by atoms with Crippen molar-refractivity contribution in [2.75, 3.05) is 0 Å². The monoisotopic (exact) mass is 519 g/mol. The molecule has 0 N–H and O–H groups in total. The fourth-order valence-electron chi connectivity index (χ4n) is 6.96. The quantitative estimate of drug-likeness (QED) is 0.231. The molecule has 39 heavy (non-hydrogen) atoms. The van der Waals surface area contributed by atoms with Crippen LogP contribution in [-0.2, 0) is 0 Å². The second kappa shape index (κ2) is 8.14. The maximum atomic E-state index is 6.49. The van der Waals surface area contributed by atoms with Crippen molar-refractivity contribution in [1.82, 2.24) is 4.57 Å². The number of benzene rings is 4. The Morgan fingerprint density at radius 1 is 0.744 bits per heavy atom. The van der Waals surface area contributed by atoms with Gasteiger partial charge in [0.05, 0.1) is 11.0 Å². The highest BCUT2D eigenvalue weighted by atomic mass is 32.2. The number of para-hydroxylation sites is 3. The fraction of sp³-hybridized carbons (Fsp3) is 0.111. The van der Waals surface area contributed by atoms with Gasteiger partial charge in [-0.2, -0.15) is 0 Å². The minimum atomic E-state index is 0.0734. The van der Waals surface area contributed by atoms with E-state index in [1.165, 1.54) is 60.2 Å². The summed E-state index contributed by atoms with van der Waals surface area (Å²) in [7, 11) is 0. The minimum Gasteiger partial charge on any atom is -0.484 e. The predicted octanol–water partition coefficient (Wildman–Crippen LogP) is 9.01. The van der Waals surface area contributed by atoms with Gasteiger partial charge in [0.15, 0.2) is 0 Å². The van der Waals surface area contributed by atoms with Crippen molar-refractivity contribution in [3.63, 3.8) is 0 Å². The molecule has 0 saturated heterocycles. The highest BCUT2D eigenvalue weighted by Crippen LogP contribution is 2.52. The van der Waals surface area contributed by atoms with Crippen LogP contribution in [0.2, 0.25) is 0 Å². The van der Waals surface area contributed by atoms with Gasteiger partial charge in [-0.3, -0.25) is 0 Å². The van der Waals surface area contributed by atoms with Gasteiger partial charge in [-0.25, -0.2) is 0 Å². The first kappa shape index (κ1) is 21.7. The van der Waals surface area contributed by atoms with E-state index in [0.29, 0.717) is 11.2 Å². The molecule has 0 spiro atoms. The van der Waals surface area contributed by atoms with Crippen LogP contribution < -0.4 is 4.74 Å². The first-order valence-electron chi connectivity index (χ1n) is 13.7. The first-order chi connectivity index (χ1) is 19.3. The molecule has 4 aliphatic rings. The van der Waals surface area contributed by atoms with Crippen molar-refractivity contribution in [3.8, 4) is 11.4 Å². The van der Waals surface area contributed by atoms with Gasteiger partial charge in [-0.05, 0) is 59.0 Å². The Morgan fingerprint density at radius 3 is 2.36 bits per heavy atom. The predicted molar refractivity (Wildman–Crippen MR) is 162 cm³/mol. The molecule has 2 aliphatic carbocycles. The molecule has 186 valence electrons. The lowest BCUT2D eigenvalue weighted by molar-refractivity contribution is 0.257. The Bertz CT molecular complexity index is 1920. The maximum absolute atomic E-state index is 6.49. The van der Waals surface area contributed by atoms with Crippen LogP contribution in [0.3, 0.4) is 0 Å². The number of ether oxygens (including phenoxy) is 1. The molecular formula is C36H25NOS. The van der Waals surface area contributed by atoms with Crippen LogP contribution in [0.5, 0.6) is 5.75 Å². The normalized spacial score (nSPS) is 22.5. The molecule has 5 aromatic rings. The van der Waals surface area contributed by atoms with Gasteiger partial charge in [-0.1, -0.05) is 91.0 Å². The lowest BCUT2D eigenvalue weighted by atomic mass is 9.81. The summed E-state index contributed by atoms with van der Waals surface area (Å²) in [5.41, 5.74) is 10.6. The number of hydrogen-bond acceptors (Lipinski definition) is 2. The van der Waals surface area contributed by atoms with Crippen molar-refractivity contribution in [2.45, 2.75) is 28.6 Å². The Morgan fingerprint density at radius 2 is 1.51 bits per heavy atom. The summed E-state index contributed by atoms with van der Waals surface area (Å²) in [5, 5.41) is 3.04. The van der Waals surface area contributed by atoms with Crippen molar-refractivity contribution in [2.24, 2.45) is 0 Å². The standard InChI is InChI=1S/C36H25NOS/c1-4-13-31-25(8-1)26-9-2-5-14-32(26)37(31)23-17-19-29-28-18-16-22(20-34(28)39-35(29)21-23)24-11-7-12-30-27-10-3-6-15-33(27)38-36(24)30/h1-19,21,30,34,36H,20H2. The van der Waals surface area contributed by atoms with Crippen LogP contribution in [0.1, 0.15) is 23.5 Å². The number of fused-ring (bicyclic) bond motifs is 9. The molecule has 4 aromatic carbocycles. The number of aromatic nitrogens is 1. The van der Waals surface area contributed by atoms with Crippen LogP contribution in [0, 0.1) is 0 Å². The fourth-order valence-corrected chi connectivity index (χ4v) is 8.36. The van der Waals surface area contributed by atoms with E-state index in [4.69, 9.17) is 4.74 Å². The molecule has 1 aromatic heterocycles. The first-order valence-corrected chi connectivity index (χ1v) is 14.6. The van der Waals surface area contributed by atoms with Gasteiger partial charge >= 0.3 is 0 Å². The molecule has 3 heteroatoms. The number of rotatable bonds is 2. The second-order valence-electron chi connectivity index (χ2n) is 10.8. The van der Waals surface area contributed by atoms with E-state index < -0.39 is 0 Å². The molecule has 3 atom stereocenters. The SMILES string of the molecule is C1=CC2c3ccccc3OC2C(C2=CC=C3c4ccc(-n5c6ccccc6c6ccccc65)cc4SC3C2)=C1. The maximum Gasteiger partial charge on any atom is 0.134 e. The Kier molecular flexibility index (Phi) is 4.53. The molecule has 0 radical (unpaired) electrons. The topological polar surface area (TPSA) is 14.2 Å². The number of nitrogens with zero attached hydrogens (tertiary/aromatic N) is 1. The van der Waals surface area contributed by atoms with Crippen molar-refractivity contribution >= 4 is 39.1 Å². The molecule has 3 unspecified atom stereocenters. The van der Waals surface area contributed by atoms with Crippen LogP contribution in [0.25, 0.3) is 33.1 Å². The lowest BCUT2D eigenvalue weighted by Gasteiger charge is -2.27. The third-order valence-electron chi connectivity index (χ3n) is 8.73. The highest BCUT2D eigenvalue weighted by molar-refractivity contribution is 8.00. The molecule has 9 rings (SSSR count). The van der Waals surface area contributed by atoms with Gasteiger partial charge in [0.1, 0.15) is 11.9 Å². The average Bonchev–Trinajstić information content (AvgIpc) is 3.65. The average molecular weight is 520 g/mol. The summed E-state index contributed by atoms with van der Waals surface area (Å²) in [6.45, 7) is 0. The molecule has 0 bridgehead atoms. The van der Waals surface area contributed by atoms with Crippen LogP contribution in [0.4, 0.5) is 0 Å². The van der Waals surface area contributed by atoms with Gasteiger partial charge in [0, 0.05) is 38.1 Å². The Hall–Kier alpha value is -4.21. The zero-order valence-corrected chi connectivity index (χ0v) is 22.1. The van der Waals surface area contributed by atoms with Crippen LogP contribution in [-0.4, -0.2) is 15.9 Å². The van der Waals surface area contributed by atoms with Crippen molar-refractivity contribution in [3.05, 3.63) is 144 Å². The molecule has 0 amide bonds. The molecule has 2 aliphatic heterocycles. The van der Waals surface area contributed by atoms with E-state index in [2.05, 4.69) is 126 Å². The Labute approximate surface area is 231 Å². The Balaban J connectivity index is 1.07. The van der Waals surface area contributed by atoms with E-state index in [1.54, 1.807) is 0 Å². The second-order valence-corrected chi connectivity index (χ2v) is 12.0. The molecule has 0 saturated carbocycles. The van der Waals surface area contributed by atoms with Crippen LogP contribution in [0.15, 0.2) is 137 Å². The number of hydrogen-bond donors (Lipinski definition) is 0. The van der Waals surface area contributed by atoms with Crippen molar-refractivity contribution < 1.29 is 4.74 Å². The molecule has 3 heterocycles. The summed E-state index contributed by atoms with van der Waals surface area (Å²) < 4.78 is 8.90. The summed E-state index contributed by atoms with van der Waals surface area (Å²) in [6.07, 6.45) is 12.6. The van der Waals surface area contributed by atoms with Gasteiger partial charge in [-0.15, -0.1) is 11.8 Å². The lowest BCUT2D eigenvalue weighted by Crippen LogP contribution is -2.25. The van der Waals surface area contributed by atoms with E-state index in [-0.39, 0.29) is 6.10 Å². The van der Waals surface area contributed by atoms with E-state index in [0.717, 1.165) is 12.2 Å². The summed E-state index contributed by atoms with van der Waals surface area (Å²) >= 11 is 2.01. The highest BCUT2D eigenvalue weighted by Gasteiger charge is 2.39. The van der Waals surface area contributed by atoms with Gasteiger partial charge in [0.25, 0.3) is 0 Å². The van der Waals surface area contributed by atoms with E-state index in [1.807, 2.05) is 11.8 Å². The van der Waals surface area contributed by atoms with Crippen molar-refractivity contribution in [1.29, 1.82) is 0 Å². The van der Waals surface area contributed by atoms with Gasteiger partial charge in [0.2, 0.25) is 0 Å². The number of thioether (sulfide) groups is 1. The molecule has 2 nitrogen and oxygen atoms in total. The zero-order chi connectivity index (χ0) is 25.5. The minimum absolute atomic E-state index is 0.0734.